The van der Waals surface area contributed by atoms with Crippen molar-refractivity contribution in [3.05, 3.63) is 78.4 Å². The van der Waals surface area contributed by atoms with Gasteiger partial charge >= 0.3 is 0 Å². The summed E-state index contributed by atoms with van der Waals surface area (Å²) in [6, 6.07) is 26.2. The number of hydrogen-bond acceptors (Lipinski definition) is 0. The highest BCUT2D eigenvalue weighted by Gasteiger charge is 2.12. The quantitative estimate of drug-likeness (QED) is 0.438. The summed E-state index contributed by atoms with van der Waals surface area (Å²) >= 11 is 0. The Kier molecular flexibility index (Phi) is 3.42. The minimum absolute atomic E-state index is 0.676. The second-order valence-corrected chi connectivity index (χ2v) is 6.64. The van der Waals surface area contributed by atoms with Gasteiger partial charge in [0, 0.05) is 16.5 Å². The third kappa shape index (κ3) is 2.43. The number of aromatic nitrogens is 1. The molecule has 0 unspecified atom stereocenters. The van der Waals surface area contributed by atoms with Gasteiger partial charge in [-0.2, -0.15) is 0 Å². The first-order valence-corrected chi connectivity index (χ1v) is 8.31. The molecule has 0 aliphatic rings. The number of nitrogens with zero attached hydrogens (tertiary/aromatic N) is 1. The number of benzene rings is 3. The van der Waals surface area contributed by atoms with Crippen molar-refractivity contribution in [2.45, 2.75) is 20.3 Å². The molecule has 1 heterocycles. The highest BCUT2D eigenvalue weighted by molar-refractivity contribution is 6.09. The van der Waals surface area contributed by atoms with E-state index in [0.717, 1.165) is 6.42 Å². The molecular weight excluding hydrogens is 278 g/mol. The molecule has 1 heteroatoms. The molecule has 0 atom stereocenters. The summed E-state index contributed by atoms with van der Waals surface area (Å²) in [7, 11) is 0. The monoisotopic (exact) mass is 299 g/mol. The van der Waals surface area contributed by atoms with Crippen molar-refractivity contribution in [3.63, 3.8) is 0 Å². The van der Waals surface area contributed by atoms with E-state index >= 15 is 0 Å². The van der Waals surface area contributed by atoms with Gasteiger partial charge in [-0.15, -0.1) is 0 Å². The maximum Gasteiger partial charge on any atom is 0.0541 e. The average molecular weight is 299 g/mol. The SMILES string of the molecule is CC(C)Cc1ccc2c(c1)c1ccccc1n2-c1ccccc1. The van der Waals surface area contributed by atoms with Gasteiger partial charge in [0.2, 0.25) is 0 Å². The molecule has 3 aromatic carbocycles. The molecule has 0 saturated heterocycles. The van der Waals surface area contributed by atoms with Crippen molar-refractivity contribution >= 4 is 21.8 Å². The molecule has 0 fully saturated rings. The summed E-state index contributed by atoms with van der Waals surface area (Å²) in [5.74, 6) is 0.676. The second kappa shape index (κ2) is 5.58. The molecule has 4 aromatic rings. The smallest absolute Gasteiger partial charge is 0.0541 e. The van der Waals surface area contributed by atoms with Crippen LogP contribution in [0.2, 0.25) is 0 Å². The van der Waals surface area contributed by atoms with Crippen LogP contribution in [-0.4, -0.2) is 4.57 Å². The Morgan fingerprint density at radius 3 is 2.22 bits per heavy atom. The van der Waals surface area contributed by atoms with Crippen molar-refractivity contribution in [3.8, 4) is 5.69 Å². The van der Waals surface area contributed by atoms with Gasteiger partial charge in [0.05, 0.1) is 11.0 Å². The van der Waals surface area contributed by atoms with E-state index in [2.05, 4.69) is 91.2 Å². The first kappa shape index (κ1) is 14.1. The number of para-hydroxylation sites is 2. The minimum atomic E-state index is 0.676. The Bertz CT molecular complexity index is 961. The molecule has 0 spiro atoms. The maximum absolute atomic E-state index is 2.37. The van der Waals surface area contributed by atoms with Crippen LogP contribution in [0.25, 0.3) is 27.5 Å². The van der Waals surface area contributed by atoms with Crippen molar-refractivity contribution in [1.29, 1.82) is 0 Å². The Morgan fingerprint density at radius 1 is 0.739 bits per heavy atom. The molecule has 0 radical (unpaired) electrons. The molecule has 0 aliphatic heterocycles. The lowest BCUT2D eigenvalue weighted by atomic mass is 10.0. The van der Waals surface area contributed by atoms with Crippen LogP contribution in [0.3, 0.4) is 0 Å². The van der Waals surface area contributed by atoms with E-state index in [1.807, 2.05) is 0 Å². The lowest BCUT2D eigenvalue weighted by Crippen LogP contribution is -1.95. The lowest BCUT2D eigenvalue weighted by molar-refractivity contribution is 0.648. The predicted molar refractivity (Wildman–Crippen MR) is 99.3 cm³/mol. The summed E-state index contributed by atoms with van der Waals surface area (Å²) in [6.07, 6.45) is 1.13. The fourth-order valence-corrected chi connectivity index (χ4v) is 3.47. The van der Waals surface area contributed by atoms with E-state index in [1.165, 1.54) is 33.1 Å². The van der Waals surface area contributed by atoms with E-state index in [0.29, 0.717) is 5.92 Å². The number of hydrogen-bond donors (Lipinski definition) is 0. The lowest BCUT2D eigenvalue weighted by Gasteiger charge is -2.08. The summed E-state index contributed by atoms with van der Waals surface area (Å²) in [5, 5.41) is 2.68. The number of fused-ring (bicyclic) bond motifs is 3. The topological polar surface area (TPSA) is 4.93 Å². The molecule has 114 valence electrons. The van der Waals surface area contributed by atoms with Crippen LogP contribution in [0, 0.1) is 5.92 Å². The van der Waals surface area contributed by atoms with Crippen molar-refractivity contribution in [1.82, 2.24) is 4.57 Å². The zero-order chi connectivity index (χ0) is 15.8. The van der Waals surface area contributed by atoms with Crippen molar-refractivity contribution in [2.75, 3.05) is 0 Å². The van der Waals surface area contributed by atoms with Crippen LogP contribution < -0.4 is 0 Å². The third-order valence-corrected chi connectivity index (χ3v) is 4.40. The van der Waals surface area contributed by atoms with Gasteiger partial charge in [-0.3, -0.25) is 0 Å². The maximum atomic E-state index is 2.37. The molecule has 4 rings (SSSR count). The Labute approximate surface area is 137 Å². The standard InChI is InChI=1S/C22H21N/c1-16(2)14-17-12-13-22-20(15-17)19-10-6-7-11-21(19)23(22)18-8-4-3-5-9-18/h3-13,15-16H,14H2,1-2H3. The zero-order valence-corrected chi connectivity index (χ0v) is 13.7. The van der Waals surface area contributed by atoms with Gasteiger partial charge in [0.15, 0.2) is 0 Å². The fourth-order valence-electron chi connectivity index (χ4n) is 3.47. The van der Waals surface area contributed by atoms with E-state index in [4.69, 9.17) is 0 Å². The molecule has 0 bridgehead atoms. The van der Waals surface area contributed by atoms with Gasteiger partial charge in [-0.05, 0) is 48.2 Å². The normalized spacial score (nSPS) is 11.6. The molecule has 0 saturated carbocycles. The molecular formula is C22H21N. The molecule has 1 nitrogen and oxygen atoms in total. The van der Waals surface area contributed by atoms with Gasteiger partial charge in [-0.25, -0.2) is 0 Å². The summed E-state index contributed by atoms with van der Waals surface area (Å²) in [4.78, 5) is 0. The van der Waals surface area contributed by atoms with E-state index in [1.54, 1.807) is 0 Å². The zero-order valence-electron chi connectivity index (χ0n) is 13.7. The van der Waals surface area contributed by atoms with Crippen molar-refractivity contribution in [2.24, 2.45) is 5.92 Å². The Balaban J connectivity index is 2.05. The average Bonchev–Trinajstić information content (AvgIpc) is 2.89. The predicted octanol–water partition coefficient (Wildman–Crippen LogP) is 5.98. The van der Waals surface area contributed by atoms with Crippen LogP contribution in [0.4, 0.5) is 0 Å². The van der Waals surface area contributed by atoms with Crippen LogP contribution >= 0.6 is 0 Å². The Hall–Kier alpha value is -2.54. The van der Waals surface area contributed by atoms with Crippen LogP contribution in [-0.2, 0) is 6.42 Å². The third-order valence-electron chi connectivity index (χ3n) is 4.40. The van der Waals surface area contributed by atoms with Crippen LogP contribution in [0.15, 0.2) is 72.8 Å². The highest BCUT2D eigenvalue weighted by atomic mass is 15.0. The van der Waals surface area contributed by atoms with Gasteiger partial charge in [0.1, 0.15) is 0 Å². The Morgan fingerprint density at radius 2 is 1.43 bits per heavy atom. The van der Waals surface area contributed by atoms with Gasteiger partial charge in [0.25, 0.3) is 0 Å². The molecule has 1 aromatic heterocycles. The molecule has 0 N–H and O–H groups in total. The fraction of sp³-hybridized carbons (Fsp3) is 0.182. The van der Waals surface area contributed by atoms with Gasteiger partial charge < -0.3 is 4.57 Å². The van der Waals surface area contributed by atoms with Gasteiger partial charge in [-0.1, -0.05) is 56.3 Å². The van der Waals surface area contributed by atoms with Crippen LogP contribution in [0.5, 0.6) is 0 Å². The largest absolute Gasteiger partial charge is 0.309 e. The highest BCUT2D eigenvalue weighted by Crippen LogP contribution is 2.32. The molecule has 23 heavy (non-hydrogen) atoms. The summed E-state index contributed by atoms with van der Waals surface area (Å²) < 4.78 is 2.36. The second-order valence-electron chi connectivity index (χ2n) is 6.64. The number of rotatable bonds is 3. The molecule has 0 aliphatic carbocycles. The molecule has 0 amide bonds. The first-order valence-electron chi connectivity index (χ1n) is 8.31. The summed E-state index contributed by atoms with van der Waals surface area (Å²) in [6.45, 7) is 4.55. The van der Waals surface area contributed by atoms with E-state index in [9.17, 15) is 0 Å². The minimum Gasteiger partial charge on any atom is -0.309 e. The van der Waals surface area contributed by atoms with E-state index in [-0.39, 0.29) is 0 Å². The first-order chi connectivity index (χ1) is 11.2. The van der Waals surface area contributed by atoms with Crippen molar-refractivity contribution < 1.29 is 0 Å². The summed E-state index contributed by atoms with van der Waals surface area (Å²) in [5.41, 5.74) is 5.19. The van der Waals surface area contributed by atoms with E-state index < -0.39 is 0 Å². The van der Waals surface area contributed by atoms with Crippen LogP contribution in [0.1, 0.15) is 19.4 Å².